The molecule has 0 aliphatic rings. The van der Waals surface area contributed by atoms with Gasteiger partial charge in [0.25, 0.3) is 0 Å². The minimum Gasteiger partial charge on any atom is -0.0543 e. The second-order valence-corrected chi connectivity index (χ2v) is 4.67. The molecule has 0 atom stereocenters. The molecule has 10 heavy (non-hydrogen) atoms. The quantitative estimate of drug-likeness (QED) is 0.623. The van der Waals surface area contributed by atoms with Crippen LogP contribution in [0, 0.1) is 21.0 Å². The summed E-state index contributed by atoms with van der Waals surface area (Å²) in [4.78, 5) is 0. The number of aryl methyl sites for hydroxylation is 2. The number of hydrogen-bond acceptors (Lipinski definition) is 0. The van der Waals surface area contributed by atoms with E-state index in [1.54, 1.807) is 0 Å². The highest BCUT2D eigenvalue weighted by atomic mass is 127. The summed E-state index contributed by atoms with van der Waals surface area (Å²) in [6.07, 6.45) is 0. The standard InChI is InChI=1S/C8H8I2/c1-5-3-6(2)8(10)4-7(5)9/h3-4H,1-2H3. The number of halogens is 2. The maximum absolute atomic E-state index is 2.36. The lowest BCUT2D eigenvalue weighted by molar-refractivity contribution is 1.33. The van der Waals surface area contributed by atoms with Gasteiger partial charge in [0.05, 0.1) is 0 Å². The molecule has 1 aromatic carbocycles. The van der Waals surface area contributed by atoms with E-state index in [1.165, 1.54) is 18.3 Å². The van der Waals surface area contributed by atoms with Gasteiger partial charge in [0, 0.05) is 7.14 Å². The second kappa shape index (κ2) is 3.38. The van der Waals surface area contributed by atoms with Crippen LogP contribution < -0.4 is 0 Å². The van der Waals surface area contributed by atoms with Crippen LogP contribution in [0.4, 0.5) is 0 Å². The maximum atomic E-state index is 2.36. The first-order valence-electron chi connectivity index (χ1n) is 3.03. The molecule has 0 bridgehead atoms. The predicted octanol–water partition coefficient (Wildman–Crippen LogP) is 3.51. The van der Waals surface area contributed by atoms with Crippen molar-refractivity contribution in [1.82, 2.24) is 0 Å². The van der Waals surface area contributed by atoms with Gasteiger partial charge in [-0.1, -0.05) is 6.07 Å². The second-order valence-electron chi connectivity index (χ2n) is 2.35. The molecule has 0 heterocycles. The zero-order valence-electron chi connectivity index (χ0n) is 5.91. The van der Waals surface area contributed by atoms with Crippen molar-refractivity contribution in [3.05, 3.63) is 30.4 Å². The van der Waals surface area contributed by atoms with Crippen molar-refractivity contribution in [3.8, 4) is 0 Å². The molecule has 0 aliphatic heterocycles. The zero-order chi connectivity index (χ0) is 7.72. The third-order valence-corrected chi connectivity index (χ3v) is 3.76. The molecule has 0 saturated carbocycles. The lowest BCUT2D eigenvalue weighted by Crippen LogP contribution is -1.85. The molecule has 0 aromatic heterocycles. The van der Waals surface area contributed by atoms with Gasteiger partial charge in [-0.05, 0) is 76.2 Å². The van der Waals surface area contributed by atoms with Crippen LogP contribution in [-0.4, -0.2) is 0 Å². The van der Waals surface area contributed by atoms with E-state index in [2.05, 4.69) is 71.2 Å². The molecule has 2 heteroatoms. The van der Waals surface area contributed by atoms with Crippen LogP contribution in [0.15, 0.2) is 12.1 Å². The Hall–Kier alpha value is 0.680. The average molecular weight is 358 g/mol. The molecule has 0 radical (unpaired) electrons. The summed E-state index contributed by atoms with van der Waals surface area (Å²) in [5, 5.41) is 0. The summed E-state index contributed by atoms with van der Waals surface area (Å²) in [6.45, 7) is 4.29. The number of rotatable bonds is 0. The van der Waals surface area contributed by atoms with E-state index in [0.717, 1.165) is 0 Å². The van der Waals surface area contributed by atoms with Crippen molar-refractivity contribution in [2.75, 3.05) is 0 Å². The van der Waals surface area contributed by atoms with E-state index in [1.807, 2.05) is 0 Å². The van der Waals surface area contributed by atoms with Crippen molar-refractivity contribution >= 4 is 45.2 Å². The fourth-order valence-electron chi connectivity index (χ4n) is 0.802. The Kier molecular flexibility index (Phi) is 2.97. The molecule has 0 saturated heterocycles. The van der Waals surface area contributed by atoms with Gasteiger partial charge in [-0.25, -0.2) is 0 Å². The molecule has 1 aromatic rings. The molecule has 54 valence electrons. The van der Waals surface area contributed by atoms with E-state index in [4.69, 9.17) is 0 Å². The van der Waals surface area contributed by atoms with Crippen molar-refractivity contribution in [2.45, 2.75) is 13.8 Å². The molecule has 0 spiro atoms. The summed E-state index contributed by atoms with van der Waals surface area (Å²) in [5.41, 5.74) is 2.75. The SMILES string of the molecule is Cc1cc(C)c(I)cc1I. The number of benzene rings is 1. The Balaban J connectivity index is 3.28. The van der Waals surface area contributed by atoms with Gasteiger partial charge in [0.15, 0.2) is 0 Å². The van der Waals surface area contributed by atoms with Gasteiger partial charge in [-0.2, -0.15) is 0 Å². The summed E-state index contributed by atoms with van der Waals surface area (Å²) in [6, 6.07) is 4.44. The summed E-state index contributed by atoms with van der Waals surface area (Å²) in [5.74, 6) is 0. The van der Waals surface area contributed by atoms with E-state index < -0.39 is 0 Å². The Morgan fingerprint density at radius 1 is 0.900 bits per heavy atom. The fourth-order valence-corrected chi connectivity index (χ4v) is 2.33. The van der Waals surface area contributed by atoms with E-state index in [9.17, 15) is 0 Å². The summed E-state index contributed by atoms with van der Waals surface area (Å²) in [7, 11) is 0. The first kappa shape index (κ1) is 8.77. The van der Waals surface area contributed by atoms with Gasteiger partial charge in [0.2, 0.25) is 0 Å². The minimum absolute atomic E-state index is 1.35. The normalized spacial score (nSPS) is 10.0. The Labute approximate surface area is 88.7 Å². The van der Waals surface area contributed by atoms with Crippen molar-refractivity contribution in [3.63, 3.8) is 0 Å². The molecule has 0 amide bonds. The van der Waals surface area contributed by atoms with Crippen LogP contribution in [-0.2, 0) is 0 Å². The first-order chi connectivity index (χ1) is 4.61. The predicted molar refractivity (Wildman–Crippen MR) is 61.4 cm³/mol. The third kappa shape index (κ3) is 1.84. The minimum atomic E-state index is 1.35. The van der Waals surface area contributed by atoms with Crippen molar-refractivity contribution in [1.29, 1.82) is 0 Å². The van der Waals surface area contributed by atoms with Gasteiger partial charge in [-0.15, -0.1) is 0 Å². The molecule has 0 aliphatic carbocycles. The smallest absolute Gasteiger partial charge is 0.0170 e. The third-order valence-electron chi connectivity index (χ3n) is 1.44. The number of hydrogen-bond donors (Lipinski definition) is 0. The van der Waals surface area contributed by atoms with Crippen LogP contribution >= 0.6 is 45.2 Å². The molecule has 0 unspecified atom stereocenters. The highest BCUT2D eigenvalue weighted by molar-refractivity contribution is 14.1. The molecular weight excluding hydrogens is 350 g/mol. The summed E-state index contributed by atoms with van der Waals surface area (Å²) < 4.78 is 2.71. The summed E-state index contributed by atoms with van der Waals surface area (Å²) >= 11 is 4.72. The Morgan fingerprint density at radius 3 is 1.60 bits per heavy atom. The molecular formula is C8H8I2. The van der Waals surface area contributed by atoms with Crippen LogP contribution in [0.1, 0.15) is 11.1 Å². The Morgan fingerprint density at radius 2 is 1.30 bits per heavy atom. The highest BCUT2D eigenvalue weighted by Gasteiger charge is 1.97. The monoisotopic (exact) mass is 358 g/mol. The van der Waals surface area contributed by atoms with Crippen molar-refractivity contribution < 1.29 is 0 Å². The van der Waals surface area contributed by atoms with Gasteiger partial charge in [0.1, 0.15) is 0 Å². The van der Waals surface area contributed by atoms with E-state index in [0.29, 0.717) is 0 Å². The molecule has 0 N–H and O–H groups in total. The van der Waals surface area contributed by atoms with Gasteiger partial charge < -0.3 is 0 Å². The lowest BCUT2D eigenvalue weighted by Gasteiger charge is -2.01. The van der Waals surface area contributed by atoms with Crippen LogP contribution in [0.25, 0.3) is 0 Å². The van der Waals surface area contributed by atoms with Crippen molar-refractivity contribution in [2.24, 2.45) is 0 Å². The van der Waals surface area contributed by atoms with Gasteiger partial charge >= 0.3 is 0 Å². The van der Waals surface area contributed by atoms with Gasteiger partial charge in [-0.3, -0.25) is 0 Å². The van der Waals surface area contributed by atoms with E-state index in [-0.39, 0.29) is 0 Å². The maximum Gasteiger partial charge on any atom is 0.0170 e. The molecule has 1 rings (SSSR count). The first-order valence-corrected chi connectivity index (χ1v) is 5.19. The topological polar surface area (TPSA) is 0 Å². The average Bonchev–Trinajstić information content (AvgIpc) is 1.84. The zero-order valence-corrected chi connectivity index (χ0v) is 10.2. The Bertz CT molecular complexity index is 203. The fraction of sp³-hybridized carbons (Fsp3) is 0.250. The van der Waals surface area contributed by atoms with Crippen LogP contribution in [0.2, 0.25) is 0 Å². The van der Waals surface area contributed by atoms with Crippen LogP contribution in [0.5, 0.6) is 0 Å². The van der Waals surface area contributed by atoms with E-state index >= 15 is 0 Å². The molecule has 0 fully saturated rings. The largest absolute Gasteiger partial charge is 0.0543 e. The van der Waals surface area contributed by atoms with Crippen LogP contribution in [0.3, 0.4) is 0 Å². The molecule has 0 nitrogen and oxygen atoms in total. The lowest BCUT2D eigenvalue weighted by atomic mass is 10.2. The highest BCUT2D eigenvalue weighted by Crippen LogP contribution is 2.18.